The number of ether oxygens (including phenoxy) is 9. The molecule has 1 heterocycles. The van der Waals surface area contributed by atoms with Crippen molar-refractivity contribution in [3.63, 3.8) is 0 Å². The molecule has 1 fully saturated rings. The first-order valence-electron chi connectivity index (χ1n) is 10.1. The van der Waals surface area contributed by atoms with E-state index in [2.05, 4.69) is 4.74 Å². The van der Waals surface area contributed by atoms with Crippen LogP contribution < -0.4 is 0 Å². The van der Waals surface area contributed by atoms with Crippen molar-refractivity contribution in [1.82, 2.24) is 0 Å². The van der Waals surface area contributed by atoms with Crippen LogP contribution in [0.25, 0.3) is 0 Å². The van der Waals surface area contributed by atoms with Gasteiger partial charge >= 0.3 is 30.4 Å². The van der Waals surface area contributed by atoms with Crippen molar-refractivity contribution >= 4 is 30.4 Å². The molecule has 1 rings (SSSR count). The maximum Gasteiger partial charge on any atom is 0.508 e. The van der Waals surface area contributed by atoms with Crippen LogP contribution in [-0.4, -0.2) is 87.5 Å². The predicted molar refractivity (Wildman–Crippen MR) is 103 cm³/mol. The van der Waals surface area contributed by atoms with Gasteiger partial charge in [0.2, 0.25) is 12.4 Å². The van der Waals surface area contributed by atoms with Crippen molar-refractivity contribution in [3.05, 3.63) is 0 Å². The third-order valence-corrected chi connectivity index (χ3v) is 3.79. The van der Waals surface area contributed by atoms with E-state index in [0.717, 1.165) is 13.8 Å². The fraction of sp³-hybridized carbons (Fsp3) is 0.737. The molecule has 0 aromatic rings. The van der Waals surface area contributed by atoms with E-state index in [0.29, 0.717) is 0 Å². The highest BCUT2D eigenvalue weighted by Crippen LogP contribution is 2.30. The second-order valence-corrected chi connectivity index (χ2v) is 6.25. The van der Waals surface area contributed by atoms with Crippen LogP contribution in [0.15, 0.2) is 0 Å². The van der Waals surface area contributed by atoms with E-state index in [-0.39, 0.29) is 19.8 Å². The van der Waals surface area contributed by atoms with Gasteiger partial charge in [-0.1, -0.05) is 0 Å². The summed E-state index contributed by atoms with van der Waals surface area (Å²) in [4.78, 5) is 59.0. The van der Waals surface area contributed by atoms with E-state index in [4.69, 9.17) is 37.9 Å². The summed E-state index contributed by atoms with van der Waals surface area (Å²) in [6.45, 7) is 6.00. The van der Waals surface area contributed by atoms with Gasteiger partial charge in [-0.2, -0.15) is 0 Å². The lowest BCUT2D eigenvalue weighted by Crippen LogP contribution is -2.63. The minimum absolute atomic E-state index is 0.0201. The van der Waals surface area contributed by atoms with E-state index in [9.17, 15) is 24.0 Å². The van der Waals surface area contributed by atoms with Crippen molar-refractivity contribution in [3.8, 4) is 0 Å². The van der Waals surface area contributed by atoms with Crippen LogP contribution in [0, 0.1) is 0 Å². The lowest BCUT2D eigenvalue weighted by molar-refractivity contribution is -0.297. The predicted octanol–water partition coefficient (Wildman–Crippen LogP) is 1.46. The van der Waals surface area contributed by atoms with Crippen LogP contribution in [0.2, 0.25) is 0 Å². The summed E-state index contributed by atoms with van der Waals surface area (Å²) in [5.41, 5.74) is 0. The van der Waals surface area contributed by atoms with Crippen molar-refractivity contribution in [1.29, 1.82) is 0 Å². The standard InChI is InChI=1S/C19H28O14/c1-6-25-17(22)28-9-12-13(32-18(23)26-7-2)14(33-19(24)27-8-3)15(29-10(4)20)16(31-12)30-11(5)21/h12-16H,6-9H2,1-5H3/t12-,13-,14-,15-,16+/m0/s1. The molecule has 5 atom stereocenters. The molecule has 1 saturated heterocycles. The van der Waals surface area contributed by atoms with Crippen molar-refractivity contribution in [2.45, 2.75) is 65.3 Å². The van der Waals surface area contributed by atoms with Gasteiger partial charge in [-0.25, -0.2) is 14.4 Å². The van der Waals surface area contributed by atoms with Gasteiger partial charge in [0.15, 0.2) is 12.2 Å². The molecule has 0 radical (unpaired) electrons. The molecule has 0 bridgehead atoms. The lowest BCUT2D eigenvalue weighted by atomic mass is 9.98. The van der Waals surface area contributed by atoms with Gasteiger partial charge in [0.25, 0.3) is 0 Å². The average molecular weight is 480 g/mol. The summed E-state index contributed by atoms with van der Waals surface area (Å²) >= 11 is 0. The highest BCUT2D eigenvalue weighted by atomic mass is 16.8. The smallest absolute Gasteiger partial charge is 0.452 e. The van der Waals surface area contributed by atoms with Gasteiger partial charge < -0.3 is 42.6 Å². The second-order valence-electron chi connectivity index (χ2n) is 6.25. The monoisotopic (exact) mass is 480 g/mol. The number of carbonyl (C=O) groups is 5. The fourth-order valence-corrected chi connectivity index (χ4v) is 2.70. The summed E-state index contributed by atoms with van der Waals surface area (Å²) in [6, 6.07) is 0. The van der Waals surface area contributed by atoms with E-state index >= 15 is 0 Å². The Morgan fingerprint density at radius 2 is 1.09 bits per heavy atom. The molecule has 1 aliphatic heterocycles. The highest BCUT2D eigenvalue weighted by molar-refractivity contribution is 5.67. The Balaban J connectivity index is 3.35. The Kier molecular flexibility index (Phi) is 11.8. The van der Waals surface area contributed by atoms with Crippen molar-refractivity contribution < 1.29 is 66.6 Å². The van der Waals surface area contributed by atoms with Gasteiger partial charge in [-0.15, -0.1) is 0 Å². The molecule has 188 valence electrons. The third kappa shape index (κ3) is 9.39. The summed E-state index contributed by atoms with van der Waals surface area (Å²) in [5.74, 6) is -1.68. The van der Waals surface area contributed by atoms with Gasteiger partial charge in [0.05, 0.1) is 19.8 Å². The quantitative estimate of drug-likeness (QED) is 0.343. The molecule has 0 unspecified atom stereocenters. The van der Waals surface area contributed by atoms with Crippen LogP contribution >= 0.6 is 0 Å². The van der Waals surface area contributed by atoms with Gasteiger partial charge in [-0.05, 0) is 20.8 Å². The molecule has 0 aromatic carbocycles. The molecule has 1 aliphatic rings. The van der Waals surface area contributed by atoms with Crippen LogP contribution in [0.1, 0.15) is 34.6 Å². The molecule has 14 heteroatoms. The fourth-order valence-electron chi connectivity index (χ4n) is 2.70. The zero-order valence-corrected chi connectivity index (χ0v) is 18.9. The Bertz CT molecular complexity index is 692. The van der Waals surface area contributed by atoms with Gasteiger partial charge in [0.1, 0.15) is 12.7 Å². The normalized spacial score (nSPS) is 24.0. The summed E-state index contributed by atoms with van der Waals surface area (Å²) in [7, 11) is 0. The number of rotatable bonds is 9. The number of esters is 2. The van der Waals surface area contributed by atoms with Gasteiger partial charge in [0, 0.05) is 13.8 Å². The Morgan fingerprint density at radius 3 is 1.58 bits per heavy atom. The summed E-state index contributed by atoms with van der Waals surface area (Å²) in [5, 5.41) is 0. The Labute approximate surface area is 189 Å². The average Bonchev–Trinajstić information content (AvgIpc) is 2.71. The first-order chi connectivity index (χ1) is 15.6. The molecular weight excluding hydrogens is 452 g/mol. The third-order valence-electron chi connectivity index (χ3n) is 3.79. The molecule has 0 spiro atoms. The molecule has 14 nitrogen and oxygen atoms in total. The molecule has 0 saturated carbocycles. The molecular formula is C19H28O14. The van der Waals surface area contributed by atoms with Crippen molar-refractivity contribution in [2.24, 2.45) is 0 Å². The SMILES string of the molecule is CCOC(=O)OC[C@@H]1O[C@@H](OC(C)=O)[C@@H](OC(C)=O)[C@@H](OC(=O)OCC)[C@H]1OC(=O)OCC. The summed E-state index contributed by atoms with van der Waals surface area (Å²) < 4.78 is 45.3. The molecule has 0 aliphatic carbocycles. The zero-order valence-electron chi connectivity index (χ0n) is 18.9. The first kappa shape index (κ1) is 27.7. The number of hydrogen-bond acceptors (Lipinski definition) is 14. The summed E-state index contributed by atoms with van der Waals surface area (Å²) in [6.07, 6.45) is -11.2. The maximum atomic E-state index is 12.1. The van der Waals surface area contributed by atoms with Crippen LogP contribution in [0.3, 0.4) is 0 Å². The van der Waals surface area contributed by atoms with E-state index in [1.54, 1.807) is 6.92 Å². The Hall–Kier alpha value is -3.29. The van der Waals surface area contributed by atoms with E-state index in [1.165, 1.54) is 13.8 Å². The largest absolute Gasteiger partial charge is 0.508 e. The second kappa shape index (κ2) is 14.0. The molecule has 0 aromatic heterocycles. The van der Waals surface area contributed by atoms with Crippen LogP contribution in [0.4, 0.5) is 14.4 Å². The minimum Gasteiger partial charge on any atom is -0.452 e. The first-order valence-corrected chi connectivity index (χ1v) is 10.1. The topological polar surface area (TPSA) is 168 Å². The number of hydrogen-bond donors (Lipinski definition) is 0. The number of carbonyl (C=O) groups excluding carboxylic acids is 5. The molecule has 0 amide bonds. The van der Waals surface area contributed by atoms with Crippen LogP contribution in [-0.2, 0) is 52.2 Å². The highest BCUT2D eigenvalue weighted by Gasteiger charge is 2.54. The molecule has 0 N–H and O–H groups in total. The van der Waals surface area contributed by atoms with E-state index in [1.807, 2.05) is 0 Å². The Morgan fingerprint density at radius 1 is 0.606 bits per heavy atom. The van der Waals surface area contributed by atoms with E-state index < -0.39 is 67.7 Å². The van der Waals surface area contributed by atoms with Gasteiger partial charge in [-0.3, -0.25) is 9.59 Å². The minimum atomic E-state index is -1.62. The zero-order chi connectivity index (χ0) is 25.0. The maximum absolute atomic E-state index is 12.1. The lowest BCUT2D eigenvalue weighted by Gasteiger charge is -2.43. The van der Waals surface area contributed by atoms with Crippen molar-refractivity contribution in [2.75, 3.05) is 26.4 Å². The molecule has 33 heavy (non-hydrogen) atoms. The van der Waals surface area contributed by atoms with Crippen LogP contribution in [0.5, 0.6) is 0 Å².